The summed E-state index contributed by atoms with van der Waals surface area (Å²) in [7, 11) is 2.73. The van der Waals surface area contributed by atoms with Gasteiger partial charge in [0.15, 0.2) is 0 Å². The Hall–Kier alpha value is -0.103. The number of halogens is 1. The predicted molar refractivity (Wildman–Crippen MR) is 54.5 cm³/mol. The lowest BCUT2D eigenvalue weighted by Crippen LogP contribution is -2.00. The Labute approximate surface area is 86.6 Å². The molecule has 0 spiro atoms. The summed E-state index contributed by atoms with van der Waals surface area (Å²) in [6, 6.07) is 0. The molecule has 0 aromatic heterocycles. The van der Waals surface area contributed by atoms with Gasteiger partial charge < -0.3 is 13.6 Å². The van der Waals surface area contributed by atoms with Gasteiger partial charge in [-0.2, -0.15) is 0 Å². The highest BCUT2D eigenvalue weighted by molar-refractivity contribution is 6.17. The summed E-state index contributed by atoms with van der Waals surface area (Å²) < 4.78 is 13.8. The Morgan fingerprint density at radius 2 is 1.92 bits per heavy atom. The number of carbonyl (C=O) groups excluding carboxylic acids is 1. The van der Waals surface area contributed by atoms with Crippen molar-refractivity contribution in [2.24, 2.45) is 0 Å². The van der Waals surface area contributed by atoms with Gasteiger partial charge in [0.05, 0.1) is 6.61 Å². The molecule has 0 aliphatic rings. The molecule has 0 radical (unpaired) electrons. The molecule has 0 atom stereocenters. The van der Waals surface area contributed by atoms with Crippen LogP contribution in [-0.4, -0.2) is 42.7 Å². The molecule has 0 aromatic rings. The van der Waals surface area contributed by atoms with Crippen molar-refractivity contribution in [3.05, 3.63) is 0 Å². The molecule has 0 unspecified atom stereocenters. The highest BCUT2D eigenvalue weighted by Crippen LogP contribution is 1.85. The first-order valence-corrected chi connectivity index (χ1v) is 5.55. The number of carbonyl (C=O) groups is 1. The fraction of sp³-hybridized carbons (Fsp3) is 0.857. The molecule has 0 amide bonds. The van der Waals surface area contributed by atoms with Crippen LogP contribution in [0.1, 0.15) is 13.3 Å². The van der Waals surface area contributed by atoms with Crippen LogP contribution >= 0.6 is 11.6 Å². The summed E-state index contributed by atoms with van der Waals surface area (Å²) in [4.78, 5) is 10.1. The molecule has 13 heavy (non-hydrogen) atoms. The van der Waals surface area contributed by atoms with Crippen molar-refractivity contribution in [1.82, 2.24) is 0 Å². The second-order valence-electron chi connectivity index (χ2n) is 2.08. The molecule has 0 saturated heterocycles. The third-order valence-corrected chi connectivity index (χ3v) is 1.56. The van der Waals surface area contributed by atoms with Gasteiger partial charge in [-0.05, 0) is 6.42 Å². The molecule has 0 saturated carbocycles. The van der Waals surface area contributed by atoms with Crippen LogP contribution in [0.5, 0.6) is 0 Å². The summed E-state index contributed by atoms with van der Waals surface area (Å²) in [5.41, 5.74) is 0. The van der Waals surface area contributed by atoms with Crippen LogP contribution in [0.2, 0.25) is 0 Å². The van der Waals surface area contributed by atoms with E-state index in [1.165, 1.54) is 6.92 Å². The third-order valence-electron chi connectivity index (χ3n) is 0.819. The Kier molecular flexibility index (Phi) is 17.1. The first-order valence-electron chi connectivity index (χ1n) is 3.86. The van der Waals surface area contributed by atoms with E-state index in [2.05, 4.69) is 13.6 Å². The Bertz CT molecular complexity index is 111. The molecule has 0 aliphatic carbocycles. The van der Waals surface area contributed by atoms with Crippen LogP contribution in [0.3, 0.4) is 0 Å². The standard InChI is InChI=1S/C5H9ClO2.C2H8O2Si/c1-5(7)8-4-2-3-6;1-3-5-4-2/h2-4H2,1H3;5H2,1-2H3. The topological polar surface area (TPSA) is 44.8 Å². The van der Waals surface area contributed by atoms with E-state index in [9.17, 15) is 4.79 Å². The first kappa shape index (κ1) is 15.4. The van der Waals surface area contributed by atoms with E-state index in [1.54, 1.807) is 14.2 Å². The Morgan fingerprint density at radius 1 is 1.38 bits per heavy atom. The normalized spacial score (nSPS) is 8.62. The Morgan fingerprint density at radius 3 is 2.15 bits per heavy atom. The zero-order valence-corrected chi connectivity index (χ0v) is 10.5. The van der Waals surface area contributed by atoms with Crippen molar-refractivity contribution in [1.29, 1.82) is 0 Å². The lowest BCUT2D eigenvalue weighted by molar-refractivity contribution is -0.140. The van der Waals surface area contributed by atoms with Crippen LogP contribution in [-0.2, 0) is 18.4 Å². The molecule has 80 valence electrons. The summed E-state index contributed by atoms with van der Waals surface area (Å²) in [6.07, 6.45) is 0.737. The molecule has 0 rings (SSSR count). The van der Waals surface area contributed by atoms with Crippen molar-refractivity contribution in [2.45, 2.75) is 13.3 Å². The average molecular weight is 229 g/mol. The highest BCUT2D eigenvalue weighted by atomic mass is 35.5. The van der Waals surface area contributed by atoms with Gasteiger partial charge in [0.1, 0.15) is 0 Å². The quantitative estimate of drug-likeness (QED) is 0.297. The van der Waals surface area contributed by atoms with Crippen molar-refractivity contribution < 1.29 is 18.4 Å². The minimum absolute atomic E-state index is 0.241. The second kappa shape index (κ2) is 14.4. The molecule has 0 bridgehead atoms. The van der Waals surface area contributed by atoms with Gasteiger partial charge in [0, 0.05) is 27.0 Å². The summed E-state index contributed by atoms with van der Waals surface area (Å²) in [5.74, 6) is 0.308. The molecule has 0 heterocycles. The Balaban J connectivity index is 0. The maximum absolute atomic E-state index is 10.1. The van der Waals surface area contributed by atoms with Crippen LogP contribution < -0.4 is 0 Å². The molecular formula is C7H17ClO4Si. The smallest absolute Gasteiger partial charge is 0.303 e. The number of hydrogen-bond acceptors (Lipinski definition) is 4. The molecule has 0 aliphatic heterocycles. The van der Waals surface area contributed by atoms with E-state index in [0.717, 1.165) is 6.42 Å². The van der Waals surface area contributed by atoms with Crippen molar-refractivity contribution in [3.63, 3.8) is 0 Å². The fourth-order valence-corrected chi connectivity index (χ4v) is 0.733. The molecule has 6 heteroatoms. The van der Waals surface area contributed by atoms with Crippen LogP contribution in [0.15, 0.2) is 0 Å². The lowest BCUT2D eigenvalue weighted by Gasteiger charge is -1.95. The van der Waals surface area contributed by atoms with Gasteiger partial charge in [0.25, 0.3) is 0 Å². The van der Waals surface area contributed by atoms with Crippen LogP contribution in [0, 0.1) is 0 Å². The molecule has 0 aromatic carbocycles. The molecular weight excluding hydrogens is 212 g/mol. The van der Waals surface area contributed by atoms with E-state index in [4.69, 9.17) is 11.6 Å². The molecule has 0 fully saturated rings. The maximum Gasteiger partial charge on any atom is 0.303 e. The number of rotatable bonds is 5. The predicted octanol–water partition coefficient (Wildman–Crippen LogP) is 0.456. The lowest BCUT2D eigenvalue weighted by atomic mass is 10.5. The van der Waals surface area contributed by atoms with Gasteiger partial charge in [0.2, 0.25) is 0 Å². The van der Waals surface area contributed by atoms with E-state index < -0.39 is 10.0 Å². The first-order chi connectivity index (χ1) is 6.18. The summed E-state index contributed by atoms with van der Waals surface area (Å²) in [6.45, 7) is 1.83. The zero-order valence-electron chi connectivity index (χ0n) is 8.34. The summed E-state index contributed by atoms with van der Waals surface area (Å²) in [5, 5.41) is 0. The van der Waals surface area contributed by atoms with E-state index in [0.29, 0.717) is 12.5 Å². The van der Waals surface area contributed by atoms with Gasteiger partial charge in [-0.25, -0.2) is 0 Å². The number of hydrogen-bond donors (Lipinski definition) is 0. The van der Waals surface area contributed by atoms with Crippen molar-refractivity contribution in [2.75, 3.05) is 26.7 Å². The van der Waals surface area contributed by atoms with Crippen molar-refractivity contribution >= 4 is 27.6 Å². The van der Waals surface area contributed by atoms with E-state index in [-0.39, 0.29) is 5.97 Å². The SMILES string of the molecule is CC(=O)OCCCCl.CO[SiH2]OC. The maximum atomic E-state index is 10.1. The van der Waals surface area contributed by atoms with Crippen molar-refractivity contribution in [3.8, 4) is 0 Å². The minimum Gasteiger partial charge on any atom is -0.466 e. The highest BCUT2D eigenvalue weighted by Gasteiger charge is 1.88. The van der Waals surface area contributed by atoms with Gasteiger partial charge in [-0.3, -0.25) is 4.79 Å². The average Bonchev–Trinajstić information content (AvgIpc) is 2.07. The largest absolute Gasteiger partial charge is 0.466 e. The van der Waals surface area contributed by atoms with Crippen LogP contribution in [0.4, 0.5) is 0 Å². The molecule has 4 nitrogen and oxygen atoms in total. The second-order valence-corrected chi connectivity index (χ2v) is 3.85. The van der Waals surface area contributed by atoms with Gasteiger partial charge in [-0.1, -0.05) is 0 Å². The van der Waals surface area contributed by atoms with E-state index in [1.807, 2.05) is 0 Å². The zero-order chi connectivity index (χ0) is 10.5. The third kappa shape index (κ3) is 24.5. The summed E-state index contributed by atoms with van der Waals surface area (Å²) >= 11 is 5.29. The minimum atomic E-state index is -0.568. The van der Waals surface area contributed by atoms with Gasteiger partial charge >= 0.3 is 16.0 Å². The number of esters is 1. The van der Waals surface area contributed by atoms with E-state index >= 15 is 0 Å². The van der Waals surface area contributed by atoms with Gasteiger partial charge in [-0.15, -0.1) is 11.6 Å². The molecule has 0 N–H and O–H groups in total. The van der Waals surface area contributed by atoms with Crippen LogP contribution in [0.25, 0.3) is 0 Å². The fourth-order valence-electron chi connectivity index (χ4n) is 0.388. The monoisotopic (exact) mass is 228 g/mol. The number of ether oxygens (including phenoxy) is 1. The number of alkyl halides is 1.